The number of rotatable bonds is 5. The molecule has 0 aliphatic carbocycles. The number of hydrogen-bond donors (Lipinski definition) is 3. The first-order valence-electron chi connectivity index (χ1n) is 5.52. The van der Waals surface area contributed by atoms with Gasteiger partial charge in [-0.05, 0) is 17.0 Å². The van der Waals surface area contributed by atoms with Gasteiger partial charge < -0.3 is 16.2 Å². The highest BCUT2D eigenvalue weighted by atomic mass is 32.1. The molecular formula is C13H16N2OS. The van der Waals surface area contributed by atoms with Gasteiger partial charge in [-0.15, -0.1) is 11.3 Å². The number of nitrogen functional groups attached to an aromatic ring is 1. The maximum Gasteiger partial charge on any atom is 0.0626 e. The Kier molecular flexibility index (Phi) is 4.14. The largest absolute Gasteiger partial charge is 0.398 e. The highest BCUT2D eigenvalue weighted by molar-refractivity contribution is 7.10. The molecule has 2 aromatic rings. The fourth-order valence-corrected chi connectivity index (χ4v) is 2.43. The van der Waals surface area contributed by atoms with E-state index >= 15 is 0 Å². The summed E-state index contributed by atoms with van der Waals surface area (Å²) in [4.78, 5) is 1.11. The Morgan fingerprint density at radius 2 is 2.00 bits per heavy atom. The second-order valence-corrected chi connectivity index (χ2v) is 4.83. The van der Waals surface area contributed by atoms with Crippen molar-refractivity contribution in [2.45, 2.75) is 12.6 Å². The van der Waals surface area contributed by atoms with E-state index in [0.717, 1.165) is 16.1 Å². The molecule has 0 fully saturated rings. The smallest absolute Gasteiger partial charge is 0.0626 e. The van der Waals surface area contributed by atoms with Crippen molar-refractivity contribution in [3.05, 3.63) is 52.2 Å². The van der Waals surface area contributed by atoms with Crippen LogP contribution in [0.1, 0.15) is 16.5 Å². The first-order chi connectivity index (χ1) is 8.31. The van der Waals surface area contributed by atoms with Crippen LogP contribution in [0.25, 0.3) is 0 Å². The Morgan fingerprint density at radius 3 is 2.59 bits per heavy atom. The lowest BCUT2D eigenvalue weighted by Gasteiger charge is -2.16. The molecule has 1 aromatic heterocycles. The lowest BCUT2D eigenvalue weighted by Crippen LogP contribution is -2.23. The number of anilines is 1. The van der Waals surface area contributed by atoms with E-state index in [1.807, 2.05) is 41.8 Å². The van der Waals surface area contributed by atoms with Crippen LogP contribution in [0.15, 0.2) is 41.8 Å². The molecule has 1 aromatic carbocycles. The molecule has 0 saturated heterocycles. The Balaban J connectivity index is 1.99. The summed E-state index contributed by atoms with van der Waals surface area (Å²) in [5.74, 6) is 0. The van der Waals surface area contributed by atoms with Crippen molar-refractivity contribution >= 4 is 17.0 Å². The minimum Gasteiger partial charge on any atom is -0.398 e. The molecule has 4 N–H and O–H groups in total. The number of thiophene rings is 1. The average Bonchev–Trinajstić information content (AvgIpc) is 2.77. The highest BCUT2D eigenvalue weighted by Gasteiger charge is 2.10. The summed E-state index contributed by atoms with van der Waals surface area (Å²) in [5, 5.41) is 14.7. The van der Waals surface area contributed by atoms with Gasteiger partial charge >= 0.3 is 0 Å². The van der Waals surface area contributed by atoms with Gasteiger partial charge in [0.25, 0.3) is 0 Å². The van der Waals surface area contributed by atoms with Crippen LogP contribution in [-0.2, 0) is 6.54 Å². The first kappa shape index (κ1) is 12.1. The fraction of sp³-hybridized carbons (Fsp3) is 0.231. The third kappa shape index (κ3) is 3.06. The van der Waals surface area contributed by atoms with Crippen LogP contribution in [0.3, 0.4) is 0 Å². The fourth-order valence-electron chi connectivity index (χ4n) is 1.68. The van der Waals surface area contributed by atoms with Crippen molar-refractivity contribution in [3.63, 3.8) is 0 Å². The summed E-state index contributed by atoms with van der Waals surface area (Å²) in [7, 11) is 0. The zero-order chi connectivity index (χ0) is 12.1. The van der Waals surface area contributed by atoms with Gasteiger partial charge in [-0.3, -0.25) is 0 Å². The van der Waals surface area contributed by atoms with Crippen molar-refractivity contribution in [1.29, 1.82) is 0 Å². The van der Waals surface area contributed by atoms with E-state index in [9.17, 15) is 5.11 Å². The molecule has 0 aliphatic rings. The van der Waals surface area contributed by atoms with Crippen LogP contribution in [0.2, 0.25) is 0 Å². The molecule has 1 atom stereocenters. The monoisotopic (exact) mass is 248 g/mol. The summed E-state index contributed by atoms with van der Waals surface area (Å²) < 4.78 is 0. The van der Waals surface area contributed by atoms with Gasteiger partial charge in [0.2, 0.25) is 0 Å². The minimum absolute atomic E-state index is 0.0438. The third-order valence-corrected chi connectivity index (χ3v) is 3.61. The number of hydrogen-bond acceptors (Lipinski definition) is 4. The number of nitrogens with two attached hydrogens (primary N) is 1. The van der Waals surface area contributed by atoms with E-state index in [-0.39, 0.29) is 12.6 Å². The molecule has 1 heterocycles. The van der Waals surface area contributed by atoms with Gasteiger partial charge in [-0.1, -0.05) is 30.3 Å². The molecule has 0 unspecified atom stereocenters. The van der Waals surface area contributed by atoms with Crippen molar-refractivity contribution in [2.75, 3.05) is 12.3 Å². The lowest BCUT2D eigenvalue weighted by atomic mass is 10.1. The molecule has 2 rings (SSSR count). The minimum atomic E-state index is -0.0438. The van der Waals surface area contributed by atoms with Crippen LogP contribution in [0.5, 0.6) is 0 Å². The van der Waals surface area contributed by atoms with Crippen molar-refractivity contribution in [3.8, 4) is 0 Å². The van der Waals surface area contributed by atoms with E-state index in [2.05, 4.69) is 5.32 Å². The van der Waals surface area contributed by atoms with Crippen LogP contribution >= 0.6 is 11.3 Å². The second-order valence-electron chi connectivity index (χ2n) is 3.83. The summed E-state index contributed by atoms with van der Waals surface area (Å²) in [5.41, 5.74) is 7.72. The zero-order valence-corrected chi connectivity index (χ0v) is 10.3. The van der Waals surface area contributed by atoms with Gasteiger partial charge in [0.15, 0.2) is 0 Å². The van der Waals surface area contributed by atoms with Crippen LogP contribution < -0.4 is 11.1 Å². The number of nitrogens with one attached hydrogen (secondary N) is 1. The summed E-state index contributed by atoms with van der Waals surface area (Å²) in [6.07, 6.45) is 0. The van der Waals surface area contributed by atoms with E-state index in [4.69, 9.17) is 5.73 Å². The Hall–Kier alpha value is -1.36. The van der Waals surface area contributed by atoms with Crippen molar-refractivity contribution in [1.82, 2.24) is 5.32 Å². The maximum atomic E-state index is 9.39. The molecule has 4 heteroatoms. The van der Waals surface area contributed by atoms with E-state index < -0.39 is 0 Å². The second kappa shape index (κ2) is 5.82. The highest BCUT2D eigenvalue weighted by Crippen LogP contribution is 2.20. The number of aliphatic hydroxyl groups excluding tert-OH is 1. The van der Waals surface area contributed by atoms with Gasteiger partial charge in [0, 0.05) is 17.1 Å². The molecular weight excluding hydrogens is 232 g/mol. The Bertz CT molecular complexity index is 455. The first-order valence-corrected chi connectivity index (χ1v) is 6.40. The van der Waals surface area contributed by atoms with Crippen molar-refractivity contribution in [2.24, 2.45) is 0 Å². The standard InChI is InChI=1S/C13H16N2OS/c14-11-6-7-17-13(11)8-15-12(9-16)10-4-2-1-3-5-10/h1-7,12,15-16H,8-9,14H2/t12-/m0/s1. The summed E-state index contributed by atoms with van der Waals surface area (Å²) >= 11 is 1.63. The SMILES string of the molecule is Nc1ccsc1CN[C@@H](CO)c1ccccc1. The normalized spacial score (nSPS) is 12.5. The summed E-state index contributed by atoms with van der Waals surface area (Å²) in [6.45, 7) is 0.763. The van der Waals surface area contributed by atoms with Crippen LogP contribution in [0.4, 0.5) is 5.69 Å². The number of aliphatic hydroxyl groups is 1. The Labute approximate surface area is 105 Å². The molecule has 17 heavy (non-hydrogen) atoms. The predicted molar refractivity (Wildman–Crippen MR) is 71.8 cm³/mol. The zero-order valence-electron chi connectivity index (χ0n) is 9.47. The third-order valence-electron chi connectivity index (χ3n) is 2.67. The molecule has 90 valence electrons. The molecule has 0 aliphatic heterocycles. The maximum absolute atomic E-state index is 9.39. The summed E-state index contributed by atoms with van der Waals surface area (Å²) in [6, 6.07) is 11.8. The van der Waals surface area contributed by atoms with Gasteiger partial charge in [0.1, 0.15) is 0 Å². The van der Waals surface area contributed by atoms with E-state index in [0.29, 0.717) is 6.54 Å². The molecule has 0 saturated carbocycles. The molecule has 0 amide bonds. The Morgan fingerprint density at radius 1 is 1.24 bits per heavy atom. The van der Waals surface area contributed by atoms with Crippen LogP contribution in [0, 0.1) is 0 Å². The lowest BCUT2D eigenvalue weighted by molar-refractivity contribution is 0.244. The van der Waals surface area contributed by atoms with E-state index in [1.165, 1.54) is 0 Å². The van der Waals surface area contributed by atoms with Gasteiger partial charge in [0.05, 0.1) is 12.6 Å². The number of benzene rings is 1. The van der Waals surface area contributed by atoms with Crippen LogP contribution in [-0.4, -0.2) is 11.7 Å². The quantitative estimate of drug-likeness (QED) is 0.760. The predicted octanol–water partition coefficient (Wildman–Crippen LogP) is 2.15. The topological polar surface area (TPSA) is 58.3 Å². The molecule has 0 spiro atoms. The van der Waals surface area contributed by atoms with Gasteiger partial charge in [-0.2, -0.15) is 0 Å². The molecule has 3 nitrogen and oxygen atoms in total. The van der Waals surface area contributed by atoms with E-state index in [1.54, 1.807) is 11.3 Å². The average molecular weight is 248 g/mol. The van der Waals surface area contributed by atoms with Crippen molar-refractivity contribution < 1.29 is 5.11 Å². The molecule has 0 radical (unpaired) electrons. The van der Waals surface area contributed by atoms with Gasteiger partial charge in [-0.25, -0.2) is 0 Å². The molecule has 0 bridgehead atoms.